The van der Waals surface area contributed by atoms with Gasteiger partial charge < -0.3 is 14.7 Å². The molecule has 0 amide bonds. The van der Waals surface area contributed by atoms with Gasteiger partial charge in [0, 0.05) is 5.56 Å². The first-order chi connectivity index (χ1) is 10.6. The molecule has 0 fully saturated rings. The van der Waals surface area contributed by atoms with Crippen LogP contribution in [0.5, 0.6) is 5.75 Å². The minimum Gasteiger partial charge on any atom is -0.489 e. The van der Waals surface area contributed by atoms with E-state index in [0.717, 1.165) is 16.9 Å². The second-order valence-electron chi connectivity index (χ2n) is 4.68. The van der Waals surface area contributed by atoms with Crippen LogP contribution in [0.2, 0.25) is 0 Å². The van der Waals surface area contributed by atoms with E-state index in [1.165, 1.54) is 7.11 Å². The molecule has 2 aromatic rings. The van der Waals surface area contributed by atoms with Crippen molar-refractivity contribution in [2.45, 2.75) is 13.5 Å². The molecule has 0 aliphatic carbocycles. The Hall–Kier alpha value is -2.82. The van der Waals surface area contributed by atoms with E-state index in [-0.39, 0.29) is 5.71 Å². The average molecular weight is 299 g/mol. The first-order valence-electron chi connectivity index (χ1n) is 6.74. The van der Waals surface area contributed by atoms with Crippen molar-refractivity contribution in [3.63, 3.8) is 0 Å². The zero-order chi connectivity index (χ0) is 15.9. The summed E-state index contributed by atoms with van der Waals surface area (Å²) < 4.78 is 5.76. The summed E-state index contributed by atoms with van der Waals surface area (Å²) in [7, 11) is 1.31. The van der Waals surface area contributed by atoms with E-state index in [9.17, 15) is 4.79 Å². The Bertz CT molecular complexity index is 695. The van der Waals surface area contributed by atoms with Gasteiger partial charge in [0.2, 0.25) is 0 Å². The number of para-hydroxylation sites is 1. The van der Waals surface area contributed by atoms with Gasteiger partial charge in [-0.05, 0) is 30.2 Å². The molecule has 0 saturated carbocycles. The lowest BCUT2D eigenvalue weighted by atomic mass is 10.1. The number of aryl methyl sites for hydroxylation is 1. The highest BCUT2D eigenvalue weighted by Gasteiger charge is 2.14. The fourth-order valence-corrected chi connectivity index (χ4v) is 1.99. The highest BCUT2D eigenvalue weighted by atomic mass is 16.6. The molecule has 0 aromatic heterocycles. The number of carboxylic acids is 1. The number of oxime groups is 1. The molecule has 0 bridgehead atoms. The Kier molecular flexibility index (Phi) is 5.14. The van der Waals surface area contributed by atoms with E-state index in [1.807, 2.05) is 37.3 Å². The van der Waals surface area contributed by atoms with Crippen LogP contribution in [0.1, 0.15) is 16.7 Å². The molecule has 2 rings (SSSR count). The Morgan fingerprint density at radius 1 is 1.18 bits per heavy atom. The Morgan fingerprint density at radius 2 is 1.95 bits per heavy atom. The monoisotopic (exact) mass is 299 g/mol. The molecule has 2 aromatic carbocycles. The summed E-state index contributed by atoms with van der Waals surface area (Å²) in [5, 5.41) is 12.7. The lowest BCUT2D eigenvalue weighted by Gasteiger charge is -2.10. The largest absolute Gasteiger partial charge is 0.489 e. The van der Waals surface area contributed by atoms with Gasteiger partial charge in [-0.3, -0.25) is 0 Å². The van der Waals surface area contributed by atoms with Crippen molar-refractivity contribution in [1.29, 1.82) is 0 Å². The summed E-state index contributed by atoms with van der Waals surface area (Å²) in [6.07, 6.45) is 0. The van der Waals surface area contributed by atoms with Crippen LogP contribution in [-0.2, 0) is 16.2 Å². The minimum atomic E-state index is -1.14. The Balaban J connectivity index is 2.17. The maximum Gasteiger partial charge on any atom is 0.358 e. The summed E-state index contributed by atoms with van der Waals surface area (Å²) in [5.74, 6) is -0.337. The number of carboxylic acid groups (broad SMARTS) is 1. The van der Waals surface area contributed by atoms with Crippen molar-refractivity contribution in [3.05, 3.63) is 65.2 Å². The molecule has 1 N–H and O–H groups in total. The average Bonchev–Trinajstić information content (AvgIpc) is 2.52. The third-order valence-electron chi connectivity index (χ3n) is 3.07. The fraction of sp³-hybridized carbons (Fsp3) is 0.176. The topological polar surface area (TPSA) is 68.1 Å². The van der Waals surface area contributed by atoms with Gasteiger partial charge in [-0.15, -0.1) is 0 Å². The lowest BCUT2D eigenvalue weighted by molar-refractivity contribution is -0.129. The summed E-state index contributed by atoms with van der Waals surface area (Å²) in [4.78, 5) is 15.8. The third-order valence-corrected chi connectivity index (χ3v) is 3.07. The smallest absolute Gasteiger partial charge is 0.358 e. The second-order valence-corrected chi connectivity index (χ2v) is 4.68. The van der Waals surface area contributed by atoms with Crippen LogP contribution in [-0.4, -0.2) is 23.9 Å². The van der Waals surface area contributed by atoms with Gasteiger partial charge in [-0.2, -0.15) is 0 Å². The van der Waals surface area contributed by atoms with Gasteiger partial charge in [0.15, 0.2) is 5.71 Å². The summed E-state index contributed by atoms with van der Waals surface area (Å²) in [5.41, 5.74) is 2.23. The van der Waals surface area contributed by atoms with Crippen LogP contribution < -0.4 is 4.74 Å². The third kappa shape index (κ3) is 3.85. The number of hydrogen-bond donors (Lipinski definition) is 1. The van der Waals surface area contributed by atoms with Gasteiger partial charge in [-0.25, -0.2) is 4.79 Å². The normalized spacial score (nSPS) is 11.1. The Morgan fingerprint density at radius 3 is 2.64 bits per heavy atom. The zero-order valence-electron chi connectivity index (χ0n) is 12.4. The molecule has 0 spiro atoms. The SMILES string of the molecule is CO/N=C(/C(=O)O)c1cccc(COc2ccccc2C)c1. The summed E-state index contributed by atoms with van der Waals surface area (Å²) >= 11 is 0. The number of hydrogen-bond acceptors (Lipinski definition) is 4. The van der Waals surface area contributed by atoms with E-state index in [4.69, 9.17) is 9.84 Å². The molecule has 22 heavy (non-hydrogen) atoms. The van der Waals surface area contributed by atoms with Crippen LogP contribution in [0, 0.1) is 6.92 Å². The second kappa shape index (κ2) is 7.26. The number of nitrogens with zero attached hydrogens (tertiary/aromatic N) is 1. The van der Waals surface area contributed by atoms with E-state index >= 15 is 0 Å². The zero-order valence-corrected chi connectivity index (χ0v) is 12.4. The highest BCUT2D eigenvalue weighted by Crippen LogP contribution is 2.18. The molecular formula is C17H17NO4. The van der Waals surface area contributed by atoms with Crippen LogP contribution in [0.25, 0.3) is 0 Å². The quantitative estimate of drug-likeness (QED) is 0.657. The van der Waals surface area contributed by atoms with E-state index in [1.54, 1.807) is 18.2 Å². The van der Waals surface area contributed by atoms with Crippen molar-refractivity contribution < 1.29 is 19.5 Å². The molecule has 0 radical (unpaired) electrons. The molecule has 0 aliphatic heterocycles. The molecule has 0 unspecified atom stereocenters. The van der Waals surface area contributed by atoms with Crippen LogP contribution in [0.4, 0.5) is 0 Å². The lowest BCUT2D eigenvalue weighted by Crippen LogP contribution is -2.15. The molecule has 0 atom stereocenters. The van der Waals surface area contributed by atoms with E-state index in [0.29, 0.717) is 12.2 Å². The fourth-order valence-electron chi connectivity index (χ4n) is 1.99. The minimum absolute atomic E-state index is 0.139. The number of rotatable bonds is 6. The van der Waals surface area contributed by atoms with Gasteiger partial charge in [0.25, 0.3) is 0 Å². The molecule has 5 nitrogen and oxygen atoms in total. The van der Waals surface area contributed by atoms with Gasteiger partial charge in [0.05, 0.1) is 0 Å². The maximum absolute atomic E-state index is 11.2. The van der Waals surface area contributed by atoms with Crippen molar-refractivity contribution >= 4 is 11.7 Å². The molecule has 0 heterocycles. The molecule has 5 heteroatoms. The van der Waals surface area contributed by atoms with Gasteiger partial charge in [0.1, 0.15) is 19.5 Å². The summed E-state index contributed by atoms with van der Waals surface area (Å²) in [6.45, 7) is 2.32. The molecule has 114 valence electrons. The first-order valence-corrected chi connectivity index (χ1v) is 6.74. The van der Waals surface area contributed by atoms with Crippen molar-refractivity contribution in [1.82, 2.24) is 0 Å². The van der Waals surface area contributed by atoms with Crippen LogP contribution in [0.3, 0.4) is 0 Å². The van der Waals surface area contributed by atoms with Crippen molar-refractivity contribution in [2.24, 2.45) is 5.16 Å². The summed E-state index contributed by atoms with van der Waals surface area (Å²) in [6, 6.07) is 14.8. The predicted molar refractivity (Wildman–Crippen MR) is 83.1 cm³/mol. The van der Waals surface area contributed by atoms with E-state index < -0.39 is 5.97 Å². The molecule has 0 saturated heterocycles. The number of carbonyl (C=O) groups is 1. The molecule has 0 aliphatic rings. The van der Waals surface area contributed by atoms with Crippen molar-refractivity contribution in [2.75, 3.05) is 7.11 Å². The standard InChI is InChI=1S/C17H17NO4/c1-12-6-3-4-9-15(12)22-11-13-7-5-8-14(10-13)16(17(19)20)18-21-2/h3-10H,11H2,1-2H3,(H,19,20)/b18-16+. The number of ether oxygens (including phenoxy) is 1. The van der Waals surface area contributed by atoms with Gasteiger partial charge in [-0.1, -0.05) is 41.6 Å². The predicted octanol–water partition coefficient (Wildman–Crippen LogP) is 3.01. The first kappa shape index (κ1) is 15.6. The highest BCUT2D eigenvalue weighted by molar-refractivity contribution is 6.42. The molecular weight excluding hydrogens is 282 g/mol. The van der Waals surface area contributed by atoms with Gasteiger partial charge >= 0.3 is 5.97 Å². The Labute approximate surface area is 128 Å². The van der Waals surface area contributed by atoms with Crippen molar-refractivity contribution in [3.8, 4) is 5.75 Å². The van der Waals surface area contributed by atoms with E-state index in [2.05, 4.69) is 9.99 Å². The van der Waals surface area contributed by atoms with Crippen LogP contribution >= 0.6 is 0 Å². The number of benzene rings is 2. The maximum atomic E-state index is 11.2. The number of aliphatic carboxylic acids is 1. The van der Waals surface area contributed by atoms with Crippen LogP contribution in [0.15, 0.2) is 53.7 Å².